The first-order valence-electron chi connectivity index (χ1n) is 6.57. The molecule has 1 fully saturated rings. The molecule has 7 nitrogen and oxygen atoms in total. The number of nitro benzene ring substituents is 1. The van der Waals surface area contributed by atoms with E-state index in [2.05, 4.69) is 10.0 Å². The van der Waals surface area contributed by atoms with Crippen molar-refractivity contribution in [3.05, 3.63) is 34.1 Å². The van der Waals surface area contributed by atoms with Gasteiger partial charge in [0.2, 0.25) is 10.0 Å². The summed E-state index contributed by atoms with van der Waals surface area (Å²) in [6, 6.07) is 2.69. The van der Waals surface area contributed by atoms with Crippen molar-refractivity contribution in [3.63, 3.8) is 0 Å². The fourth-order valence-electron chi connectivity index (χ4n) is 2.26. The molecular formula is C12H16FN3O4S. The lowest BCUT2D eigenvalue weighted by molar-refractivity contribution is -0.385. The minimum atomic E-state index is -4.10. The number of sulfonamides is 1. The number of hydrogen-bond acceptors (Lipinski definition) is 5. The second kappa shape index (κ2) is 6.46. The third kappa shape index (κ3) is 3.96. The fraction of sp³-hybridized carbons (Fsp3) is 0.500. The largest absolute Gasteiger partial charge is 0.314 e. The van der Waals surface area contributed by atoms with Crippen molar-refractivity contribution in [3.8, 4) is 0 Å². The standard InChI is InChI=1S/C12H16FN3O4S/c13-11-4-3-10(16(17)18)8-12(11)21(19,20)15-7-5-9-2-1-6-14-9/h3-4,8-9,14-15H,1-2,5-7H2/t9-/m1/s1. The lowest BCUT2D eigenvalue weighted by Crippen LogP contribution is -2.31. The predicted octanol–water partition coefficient (Wildman–Crippen LogP) is 1.15. The van der Waals surface area contributed by atoms with Gasteiger partial charge in [0.25, 0.3) is 5.69 Å². The third-order valence-electron chi connectivity index (χ3n) is 3.36. The van der Waals surface area contributed by atoms with Crippen LogP contribution in [0.2, 0.25) is 0 Å². The van der Waals surface area contributed by atoms with Gasteiger partial charge in [0.1, 0.15) is 10.7 Å². The highest BCUT2D eigenvalue weighted by Gasteiger charge is 2.23. The van der Waals surface area contributed by atoms with Crippen molar-refractivity contribution < 1.29 is 17.7 Å². The smallest absolute Gasteiger partial charge is 0.270 e. The molecule has 1 aromatic rings. The Morgan fingerprint density at radius 2 is 2.24 bits per heavy atom. The highest BCUT2D eigenvalue weighted by atomic mass is 32.2. The molecule has 9 heteroatoms. The second-order valence-corrected chi connectivity index (χ2v) is 6.59. The van der Waals surface area contributed by atoms with E-state index in [-0.39, 0.29) is 12.6 Å². The predicted molar refractivity (Wildman–Crippen MR) is 73.9 cm³/mol. The number of halogens is 1. The number of nitrogens with zero attached hydrogens (tertiary/aromatic N) is 1. The molecule has 0 unspecified atom stereocenters. The molecule has 0 radical (unpaired) electrons. The molecule has 116 valence electrons. The average molecular weight is 317 g/mol. The van der Waals surface area contributed by atoms with Crippen molar-refractivity contribution in [1.82, 2.24) is 10.0 Å². The second-order valence-electron chi connectivity index (χ2n) is 4.85. The van der Waals surface area contributed by atoms with Crippen molar-refractivity contribution in [2.75, 3.05) is 13.1 Å². The van der Waals surface area contributed by atoms with Crippen LogP contribution >= 0.6 is 0 Å². The lowest BCUT2D eigenvalue weighted by atomic mass is 10.2. The van der Waals surface area contributed by atoms with Crippen LogP contribution in [0.25, 0.3) is 0 Å². The lowest BCUT2D eigenvalue weighted by Gasteiger charge is -2.11. The van der Waals surface area contributed by atoms with E-state index in [0.717, 1.165) is 37.6 Å². The highest BCUT2D eigenvalue weighted by Crippen LogP contribution is 2.21. The van der Waals surface area contributed by atoms with Crippen molar-refractivity contribution in [2.45, 2.75) is 30.2 Å². The van der Waals surface area contributed by atoms with Crippen LogP contribution in [0.1, 0.15) is 19.3 Å². The van der Waals surface area contributed by atoms with Crippen LogP contribution in [0.3, 0.4) is 0 Å². The van der Waals surface area contributed by atoms with E-state index in [1.807, 2.05) is 0 Å². The van der Waals surface area contributed by atoms with Crippen LogP contribution < -0.4 is 10.0 Å². The van der Waals surface area contributed by atoms with Crippen molar-refractivity contribution in [1.29, 1.82) is 0 Å². The third-order valence-corrected chi connectivity index (χ3v) is 4.84. The molecule has 2 rings (SSSR count). The Balaban J connectivity index is 2.07. The zero-order chi connectivity index (χ0) is 15.5. The molecular weight excluding hydrogens is 301 g/mol. The van der Waals surface area contributed by atoms with Gasteiger partial charge in [0, 0.05) is 24.7 Å². The zero-order valence-electron chi connectivity index (χ0n) is 11.2. The Morgan fingerprint density at radius 1 is 1.48 bits per heavy atom. The van der Waals surface area contributed by atoms with Gasteiger partial charge in [-0.1, -0.05) is 0 Å². The summed E-state index contributed by atoms with van der Waals surface area (Å²) in [6.07, 6.45) is 2.62. The maximum atomic E-state index is 13.6. The Hall–Kier alpha value is -1.58. The summed E-state index contributed by atoms with van der Waals surface area (Å²) in [7, 11) is -4.10. The zero-order valence-corrected chi connectivity index (χ0v) is 12.0. The summed E-state index contributed by atoms with van der Waals surface area (Å²) >= 11 is 0. The number of non-ortho nitro benzene ring substituents is 1. The van der Waals surface area contributed by atoms with E-state index in [1.54, 1.807) is 0 Å². The molecule has 0 amide bonds. The number of nitrogens with one attached hydrogen (secondary N) is 2. The maximum Gasteiger partial charge on any atom is 0.270 e. The van der Waals surface area contributed by atoms with Crippen LogP contribution in [-0.2, 0) is 10.0 Å². The van der Waals surface area contributed by atoms with E-state index in [4.69, 9.17) is 0 Å². The molecule has 21 heavy (non-hydrogen) atoms. The monoisotopic (exact) mass is 317 g/mol. The maximum absolute atomic E-state index is 13.6. The van der Waals surface area contributed by atoms with Crippen LogP contribution in [-0.4, -0.2) is 32.5 Å². The summed E-state index contributed by atoms with van der Waals surface area (Å²) in [5, 5.41) is 13.9. The van der Waals surface area contributed by atoms with E-state index >= 15 is 0 Å². The molecule has 0 aliphatic carbocycles. The first-order valence-corrected chi connectivity index (χ1v) is 8.05. The molecule has 0 spiro atoms. The molecule has 1 heterocycles. The minimum Gasteiger partial charge on any atom is -0.314 e. The van der Waals surface area contributed by atoms with Crippen molar-refractivity contribution in [2.24, 2.45) is 0 Å². The first kappa shape index (κ1) is 15.8. The molecule has 0 saturated carbocycles. The van der Waals surface area contributed by atoms with Gasteiger partial charge in [-0.2, -0.15) is 0 Å². The summed E-state index contributed by atoms with van der Waals surface area (Å²) in [4.78, 5) is 9.18. The summed E-state index contributed by atoms with van der Waals surface area (Å²) in [6.45, 7) is 1.07. The van der Waals surface area contributed by atoms with Crippen LogP contribution in [0.4, 0.5) is 10.1 Å². The Kier molecular flexibility index (Phi) is 4.86. The van der Waals surface area contributed by atoms with Gasteiger partial charge < -0.3 is 5.32 Å². The molecule has 2 N–H and O–H groups in total. The van der Waals surface area contributed by atoms with Gasteiger partial charge in [-0.05, 0) is 31.9 Å². The van der Waals surface area contributed by atoms with Gasteiger partial charge in [0.15, 0.2) is 0 Å². The number of hydrogen-bond donors (Lipinski definition) is 2. The number of rotatable bonds is 6. The molecule has 1 aliphatic rings. The van der Waals surface area contributed by atoms with Gasteiger partial charge in [-0.15, -0.1) is 0 Å². The van der Waals surface area contributed by atoms with Gasteiger partial charge in [0.05, 0.1) is 4.92 Å². The Morgan fingerprint density at radius 3 is 2.86 bits per heavy atom. The number of benzene rings is 1. The summed E-state index contributed by atoms with van der Waals surface area (Å²) in [5.74, 6) is -1.01. The summed E-state index contributed by atoms with van der Waals surface area (Å²) in [5.41, 5.74) is -0.464. The van der Waals surface area contributed by atoms with Gasteiger partial charge in [-0.25, -0.2) is 17.5 Å². The van der Waals surface area contributed by atoms with Crippen LogP contribution in [0, 0.1) is 15.9 Å². The van der Waals surface area contributed by atoms with E-state index in [9.17, 15) is 22.9 Å². The Labute approximate surface area is 121 Å². The molecule has 1 aromatic carbocycles. The SMILES string of the molecule is O=[N+]([O-])c1ccc(F)c(S(=O)(=O)NCC[C@H]2CCCN2)c1. The van der Waals surface area contributed by atoms with Crippen molar-refractivity contribution >= 4 is 15.7 Å². The molecule has 1 aliphatic heterocycles. The van der Waals surface area contributed by atoms with E-state index in [0.29, 0.717) is 6.42 Å². The normalized spacial score (nSPS) is 18.8. The summed E-state index contributed by atoms with van der Waals surface area (Å²) < 4.78 is 39.9. The van der Waals surface area contributed by atoms with E-state index in [1.165, 1.54) is 0 Å². The van der Waals surface area contributed by atoms with Crippen LogP contribution in [0.5, 0.6) is 0 Å². The quantitative estimate of drug-likeness (QED) is 0.605. The molecule has 0 bridgehead atoms. The molecule has 1 atom stereocenters. The molecule has 0 aromatic heterocycles. The topological polar surface area (TPSA) is 101 Å². The Bertz CT molecular complexity index is 629. The van der Waals surface area contributed by atoms with Gasteiger partial charge >= 0.3 is 0 Å². The minimum absolute atomic E-state index is 0.155. The fourth-order valence-corrected chi connectivity index (χ4v) is 3.40. The number of nitro groups is 1. The average Bonchev–Trinajstić information content (AvgIpc) is 2.91. The first-order chi connectivity index (χ1) is 9.90. The van der Waals surface area contributed by atoms with E-state index < -0.39 is 31.3 Å². The van der Waals surface area contributed by atoms with Crippen LogP contribution in [0.15, 0.2) is 23.1 Å². The molecule has 1 saturated heterocycles. The van der Waals surface area contributed by atoms with Gasteiger partial charge in [-0.3, -0.25) is 10.1 Å². The highest BCUT2D eigenvalue weighted by molar-refractivity contribution is 7.89.